The number of aryl methyl sites for hydroxylation is 1. The first kappa shape index (κ1) is 17.2. The Labute approximate surface area is 136 Å². The molecule has 1 aromatic carbocycles. The highest BCUT2D eigenvalue weighted by Gasteiger charge is 2.19. The number of anilines is 1. The third-order valence-corrected chi connectivity index (χ3v) is 5.29. The average Bonchev–Trinajstić information content (AvgIpc) is 2.79. The summed E-state index contributed by atoms with van der Waals surface area (Å²) >= 11 is 0. The van der Waals surface area contributed by atoms with Crippen LogP contribution in [0.3, 0.4) is 0 Å². The monoisotopic (exact) mass is 336 g/mol. The highest BCUT2D eigenvalue weighted by Crippen LogP contribution is 2.16. The van der Waals surface area contributed by atoms with Gasteiger partial charge in [0.2, 0.25) is 15.9 Å². The van der Waals surface area contributed by atoms with Gasteiger partial charge in [-0.2, -0.15) is 0 Å². The predicted molar refractivity (Wildman–Crippen MR) is 89.1 cm³/mol. The molecule has 0 spiro atoms. The number of carbonyl (C=O) groups is 1. The van der Waals surface area contributed by atoms with E-state index in [2.05, 4.69) is 10.3 Å². The molecule has 124 valence electrons. The van der Waals surface area contributed by atoms with Crippen LogP contribution in [0.2, 0.25) is 0 Å². The van der Waals surface area contributed by atoms with Crippen LogP contribution in [0.1, 0.15) is 11.4 Å². The summed E-state index contributed by atoms with van der Waals surface area (Å²) in [6, 6.07) is 7.13. The zero-order chi connectivity index (χ0) is 17.2. The third-order valence-electron chi connectivity index (χ3n) is 3.55. The first-order chi connectivity index (χ1) is 10.7. The smallest absolute Gasteiger partial charge is 0.241 e. The molecule has 0 saturated heterocycles. The highest BCUT2D eigenvalue weighted by molar-refractivity contribution is 7.89. The van der Waals surface area contributed by atoms with E-state index < -0.39 is 21.7 Å². The van der Waals surface area contributed by atoms with Crippen molar-refractivity contribution in [1.82, 2.24) is 13.9 Å². The van der Waals surface area contributed by atoms with Crippen molar-refractivity contribution in [1.29, 1.82) is 0 Å². The molecular weight excluding hydrogens is 316 g/mol. The summed E-state index contributed by atoms with van der Waals surface area (Å²) in [6.45, 7) is 3.91. The predicted octanol–water partition coefficient (Wildman–Crippen LogP) is 1.32. The first-order valence-electron chi connectivity index (χ1n) is 7.02. The Morgan fingerprint density at radius 3 is 2.30 bits per heavy atom. The summed E-state index contributed by atoms with van der Waals surface area (Å²) in [5.41, 5.74) is 3.46. The molecule has 2 rings (SSSR count). The molecule has 23 heavy (non-hydrogen) atoms. The van der Waals surface area contributed by atoms with Crippen molar-refractivity contribution in [2.24, 2.45) is 0 Å². The van der Waals surface area contributed by atoms with Gasteiger partial charge >= 0.3 is 0 Å². The van der Waals surface area contributed by atoms with Crippen LogP contribution in [-0.2, 0) is 14.8 Å². The van der Waals surface area contributed by atoms with Crippen molar-refractivity contribution in [3.8, 4) is 5.69 Å². The summed E-state index contributed by atoms with van der Waals surface area (Å²) in [4.78, 5) is 16.1. The molecule has 0 atom stereocenters. The molecule has 0 unspecified atom stereocenters. The minimum Gasteiger partial charge on any atom is -0.325 e. The van der Waals surface area contributed by atoms with Crippen LogP contribution in [0, 0.1) is 13.8 Å². The molecule has 1 amide bonds. The van der Waals surface area contributed by atoms with E-state index in [1.807, 2.05) is 30.5 Å². The van der Waals surface area contributed by atoms with Crippen molar-refractivity contribution < 1.29 is 13.2 Å². The molecule has 0 saturated carbocycles. The molecule has 2 aromatic rings. The van der Waals surface area contributed by atoms with Gasteiger partial charge in [0.25, 0.3) is 0 Å². The van der Waals surface area contributed by atoms with E-state index in [0.29, 0.717) is 5.69 Å². The lowest BCUT2D eigenvalue weighted by Gasteiger charge is -2.12. The van der Waals surface area contributed by atoms with Gasteiger partial charge in [-0.15, -0.1) is 0 Å². The quantitative estimate of drug-likeness (QED) is 0.892. The number of benzene rings is 1. The number of nitrogens with one attached hydrogen (secondary N) is 1. The number of amides is 1. The Morgan fingerprint density at radius 1 is 1.22 bits per heavy atom. The van der Waals surface area contributed by atoms with E-state index in [4.69, 9.17) is 0 Å². The Balaban J connectivity index is 2.09. The lowest BCUT2D eigenvalue weighted by molar-refractivity contribution is -0.113. The number of aromatic nitrogens is 2. The van der Waals surface area contributed by atoms with E-state index in [0.717, 1.165) is 21.4 Å². The summed E-state index contributed by atoms with van der Waals surface area (Å²) in [5.74, 6) is -1.15. The fourth-order valence-corrected chi connectivity index (χ4v) is 2.62. The molecule has 7 nitrogen and oxygen atoms in total. The van der Waals surface area contributed by atoms with Gasteiger partial charge in [0.15, 0.2) is 0 Å². The molecule has 0 fully saturated rings. The van der Waals surface area contributed by atoms with Crippen molar-refractivity contribution in [2.45, 2.75) is 13.8 Å². The number of carbonyl (C=O) groups excluding carboxylic acids is 1. The molecule has 0 aliphatic heterocycles. The average molecular weight is 336 g/mol. The second-order valence-electron chi connectivity index (χ2n) is 5.42. The number of sulfonamides is 1. The van der Waals surface area contributed by atoms with Crippen LogP contribution in [0.4, 0.5) is 5.69 Å². The van der Waals surface area contributed by atoms with Gasteiger partial charge in [-0.1, -0.05) is 0 Å². The number of nitrogens with zero attached hydrogens (tertiary/aromatic N) is 3. The molecule has 1 heterocycles. The van der Waals surface area contributed by atoms with E-state index in [1.54, 1.807) is 18.5 Å². The molecule has 8 heteroatoms. The summed E-state index contributed by atoms with van der Waals surface area (Å²) in [7, 11) is -0.771. The van der Waals surface area contributed by atoms with Crippen molar-refractivity contribution in [3.63, 3.8) is 0 Å². The Bertz CT molecular complexity index is 808. The largest absolute Gasteiger partial charge is 0.325 e. The highest BCUT2D eigenvalue weighted by atomic mass is 32.2. The van der Waals surface area contributed by atoms with Crippen LogP contribution in [0.15, 0.2) is 30.6 Å². The molecule has 0 aliphatic rings. The topological polar surface area (TPSA) is 84.3 Å². The van der Waals surface area contributed by atoms with E-state index >= 15 is 0 Å². The minimum absolute atomic E-state index is 0.544. The maximum Gasteiger partial charge on any atom is 0.241 e. The zero-order valence-electron chi connectivity index (χ0n) is 13.6. The Kier molecular flexibility index (Phi) is 4.86. The van der Waals surface area contributed by atoms with Crippen LogP contribution < -0.4 is 5.32 Å². The van der Waals surface area contributed by atoms with Gasteiger partial charge in [-0.25, -0.2) is 17.7 Å². The number of imidazole rings is 1. The van der Waals surface area contributed by atoms with Gasteiger partial charge < -0.3 is 9.88 Å². The standard InChI is InChI=1S/C15H20N4O3S/c1-11-12(2)19(10-16-11)14-7-5-13(6-8-14)17-15(20)9-23(21,22)18(3)4/h5-8,10H,9H2,1-4H3,(H,17,20). The lowest BCUT2D eigenvalue weighted by Crippen LogP contribution is -2.32. The molecule has 1 N–H and O–H groups in total. The molecule has 0 bridgehead atoms. The van der Waals surface area contributed by atoms with Crippen molar-refractivity contribution in [3.05, 3.63) is 42.0 Å². The van der Waals surface area contributed by atoms with Gasteiger partial charge in [-0.05, 0) is 38.1 Å². The second kappa shape index (κ2) is 6.51. The lowest BCUT2D eigenvalue weighted by atomic mass is 10.2. The molecule has 0 radical (unpaired) electrons. The van der Waals surface area contributed by atoms with Crippen LogP contribution in [0.5, 0.6) is 0 Å². The zero-order valence-corrected chi connectivity index (χ0v) is 14.4. The maximum absolute atomic E-state index is 11.8. The second-order valence-corrected chi connectivity index (χ2v) is 7.60. The van der Waals surface area contributed by atoms with E-state index in [-0.39, 0.29) is 0 Å². The third kappa shape index (κ3) is 3.96. The number of rotatable bonds is 5. The number of hydrogen-bond acceptors (Lipinski definition) is 4. The summed E-state index contributed by atoms with van der Waals surface area (Å²) < 4.78 is 26.3. The first-order valence-corrected chi connectivity index (χ1v) is 8.62. The normalized spacial score (nSPS) is 11.7. The molecule has 1 aromatic heterocycles. The van der Waals surface area contributed by atoms with E-state index in [9.17, 15) is 13.2 Å². The fourth-order valence-electron chi connectivity index (χ4n) is 1.96. The minimum atomic E-state index is -3.56. The van der Waals surface area contributed by atoms with Gasteiger partial charge in [0.1, 0.15) is 5.75 Å². The summed E-state index contributed by atoms with van der Waals surface area (Å²) in [5, 5.41) is 2.58. The van der Waals surface area contributed by atoms with Crippen LogP contribution >= 0.6 is 0 Å². The van der Waals surface area contributed by atoms with Crippen LogP contribution in [-0.4, -0.2) is 48.0 Å². The van der Waals surface area contributed by atoms with Gasteiger partial charge in [0.05, 0.1) is 12.0 Å². The summed E-state index contributed by atoms with van der Waals surface area (Å²) in [6.07, 6.45) is 1.74. The fraction of sp³-hybridized carbons (Fsp3) is 0.333. The SMILES string of the molecule is Cc1ncn(-c2ccc(NC(=O)CS(=O)(=O)N(C)C)cc2)c1C. The maximum atomic E-state index is 11.8. The Morgan fingerprint density at radius 2 is 1.83 bits per heavy atom. The Hall–Kier alpha value is -2.19. The molecule has 0 aliphatic carbocycles. The number of hydrogen-bond donors (Lipinski definition) is 1. The van der Waals surface area contributed by atoms with Crippen molar-refractivity contribution in [2.75, 3.05) is 25.2 Å². The van der Waals surface area contributed by atoms with Gasteiger partial charge in [0, 0.05) is 31.2 Å². The molecular formula is C15H20N4O3S. The van der Waals surface area contributed by atoms with Crippen LogP contribution in [0.25, 0.3) is 5.69 Å². The van der Waals surface area contributed by atoms with Gasteiger partial charge in [-0.3, -0.25) is 4.79 Å². The van der Waals surface area contributed by atoms with E-state index in [1.165, 1.54) is 14.1 Å². The van der Waals surface area contributed by atoms with Crippen molar-refractivity contribution >= 4 is 21.6 Å².